The monoisotopic (exact) mass is 345 g/mol. The molecule has 0 N–H and O–H groups in total. The normalized spacial score (nSPS) is 11.6. The molecule has 0 unspecified atom stereocenters. The second kappa shape index (κ2) is 6.89. The van der Waals surface area contributed by atoms with Crippen molar-refractivity contribution in [2.24, 2.45) is 5.16 Å². The van der Waals surface area contributed by atoms with Gasteiger partial charge in [0.2, 0.25) is 0 Å². The second-order valence-electron chi connectivity index (χ2n) is 4.70. The highest BCUT2D eigenvalue weighted by molar-refractivity contribution is 7.86. The Morgan fingerprint density at radius 3 is 2.25 bits per heavy atom. The Balaban J connectivity index is 2.26. The fraction of sp³-hybridized carbons (Fsp3) is 0.0667. The van der Waals surface area contributed by atoms with Crippen LogP contribution in [-0.4, -0.2) is 19.1 Å². The predicted octanol–water partition coefficient (Wildman–Crippen LogP) is 2.54. The fourth-order valence-electron chi connectivity index (χ4n) is 1.71. The maximum atomic E-state index is 12.0. The lowest BCUT2D eigenvalue weighted by Gasteiger charge is -2.03. The summed E-state index contributed by atoms with van der Waals surface area (Å²) in [6.07, 6.45) is 0. The maximum absolute atomic E-state index is 12.0. The molecular weight excluding hydrogens is 334 g/mol. The molecule has 0 amide bonds. The molecule has 9 heteroatoms. The van der Waals surface area contributed by atoms with Gasteiger partial charge in [-0.3, -0.25) is 14.4 Å². The van der Waals surface area contributed by atoms with Crippen molar-refractivity contribution in [2.75, 3.05) is 0 Å². The lowest BCUT2D eigenvalue weighted by Crippen LogP contribution is -2.06. The third-order valence-corrected chi connectivity index (χ3v) is 4.11. The molecule has 0 atom stereocenters. The smallest absolute Gasteiger partial charge is 0.263 e. The van der Waals surface area contributed by atoms with Crippen molar-refractivity contribution >= 4 is 21.5 Å². The molecule has 0 aliphatic carbocycles. The van der Waals surface area contributed by atoms with Crippen molar-refractivity contribution in [3.05, 3.63) is 69.8 Å². The van der Waals surface area contributed by atoms with Gasteiger partial charge in [0.05, 0.1) is 4.92 Å². The van der Waals surface area contributed by atoms with Gasteiger partial charge in [-0.05, 0) is 31.2 Å². The van der Waals surface area contributed by atoms with E-state index >= 15 is 0 Å². The van der Waals surface area contributed by atoms with Crippen molar-refractivity contribution in [1.29, 1.82) is 5.26 Å². The summed E-state index contributed by atoms with van der Waals surface area (Å²) in [4.78, 5) is 9.90. The quantitative estimate of drug-likeness (QED) is 0.466. The molecule has 2 rings (SSSR count). The minimum atomic E-state index is -4.16. The standard InChI is InChI=1S/C15H11N3O5S/c1-11-2-8-14(9-3-11)24(21,22)23-17-15(10-16)12-4-6-13(7-5-12)18(19)20/h2-9H,1H3/b17-15+. The second-order valence-corrected chi connectivity index (χ2v) is 6.23. The van der Waals surface area contributed by atoms with Crippen LogP contribution in [0.25, 0.3) is 0 Å². The number of nitrogens with zero attached hydrogens (tertiary/aromatic N) is 3. The van der Waals surface area contributed by atoms with E-state index < -0.39 is 15.0 Å². The van der Waals surface area contributed by atoms with Gasteiger partial charge in [0.15, 0.2) is 5.71 Å². The summed E-state index contributed by atoms with van der Waals surface area (Å²) in [5.74, 6) is 0. The van der Waals surface area contributed by atoms with Crippen LogP contribution in [0.1, 0.15) is 11.1 Å². The molecule has 24 heavy (non-hydrogen) atoms. The zero-order chi connectivity index (χ0) is 17.7. The molecule has 0 saturated heterocycles. The Morgan fingerprint density at radius 2 is 1.75 bits per heavy atom. The number of aryl methyl sites for hydroxylation is 1. The molecule has 0 spiro atoms. The highest BCUT2D eigenvalue weighted by atomic mass is 32.2. The third kappa shape index (κ3) is 3.93. The van der Waals surface area contributed by atoms with Gasteiger partial charge in [-0.1, -0.05) is 22.9 Å². The average Bonchev–Trinajstić information content (AvgIpc) is 2.56. The Labute approximate surface area is 137 Å². The van der Waals surface area contributed by atoms with Crippen LogP contribution in [0, 0.1) is 28.4 Å². The minimum absolute atomic E-state index is 0.0992. The molecule has 2 aromatic carbocycles. The van der Waals surface area contributed by atoms with Crippen molar-refractivity contribution in [2.45, 2.75) is 11.8 Å². The van der Waals surface area contributed by atoms with E-state index in [1.807, 2.05) is 0 Å². The van der Waals surface area contributed by atoms with Crippen molar-refractivity contribution in [3.63, 3.8) is 0 Å². The van der Waals surface area contributed by atoms with Gasteiger partial charge in [-0.2, -0.15) is 13.7 Å². The molecule has 0 aromatic heterocycles. The van der Waals surface area contributed by atoms with E-state index in [9.17, 15) is 18.5 Å². The van der Waals surface area contributed by atoms with Crippen LogP contribution < -0.4 is 0 Å². The largest absolute Gasteiger partial charge is 0.358 e. The minimum Gasteiger partial charge on any atom is -0.263 e. The number of nitro groups is 1. The molecule has 8 nitrogen and oxygen atoms in total. The molecule has 0 aliphatic heterocycles. The van der Waals surface area contributed by atoms with Crippen LogP contribution in [0.5, 0.6) is 0 Å². The lowest BCUT2D eigenvalue weighted by molar-refractivity contribution is -0.384. The Morgan fingerprint density at radius 1 is 1.17 bits per heavy atom. The molecule has 0 heterocycles. The summed E-state index contributed by atoms with van der Waals surface area (Å²) in [6.45, 7) is 1.80. The lowest BCUT2D eigenvalue weighted by atomic mass is 10.1. The summed E-state index contributed by atoms with van der Waals surface area (Å²) in [5, 5.41) is 23.0. The molecule has 0 aliphatic rings. The number of hydrogen-bond donors (Lipinski definition) is 0. The van der Waals surface area contributed by atoms with E-state index in [0.29, 0.717) is 0 Å². The molecule has 0 radical (unpaired) electrons. The first-order chi connectivity index (χ1) is 11.3. The number of oxime groups is 1. The van der Waals surface area contributed by atoms with Crippen LogP contribution >= 0.6 is 0 Å². The van der Waals surface area contributed by atoms with E-state index in [1.165, 1.54) is 36.4 Å². The maximum Gasteiger partial charge on any atom is 0.358 e. The van der Waals surface area contributed by atoms with Crippen molar-refractivity contribution < 1.29 is 17.6 Å². The number of hydrogen-bond acceptors (Lipinski definition) is 7. The number of non-ortho nitro benzene ring substituents is 1. The number of nitro benzene ring substituents is 1. The van der Waals surface area contributed by atoms with Crippen LogP contribution in [0.2, 0.25) is 0 Å². The SMILES string of the molecule is Cc1ccc(S(=O)(=O)O/N=C(\C#N)c2ccc([N+](=O)[O-])cc2)cc1. The zero-order valence-corrected chi connectivity index (χ0v) is 13.2. The van der Waals surface area contributed by atoms with Crippen LogP contribution in [0.4, 0.5) is 5.69 Å². The van der Waals surface area contributed by atoms with Gasteiger partial charge in [0.1, 0.15) is 11.0 Å². The fourth-order valence-corrected chi connectivity index (χ4v) is 2.44. The molecule has 122 valence electrons. The van der Waals surface area contributed by atoms with Gasteiger partial charge in [0.25, 0.3) is 5.69 Å². The van der Waals surface area contributed by atoms with Gasteiger partial charge in [-0.25, -0.2) is 0 Å². The summed E-state index contributed by atoms with van der Waals surface area (Å²) in [6, 6.07) is 12.5. The Kier molecular flexibility index (Phi) is 4.91. The Bertz CT molecular complexity index is 927. The molecule has 0 bridgehead atoms. The van der Waals surface area contributed by atoms with Crippen molar-refractivity contribution in [1.82, 2.24) is 0 Å². The molecule has 2 aromatic rings. The highest BCUT2D eigenvalue weighted by Gasteiger charge is 2.16. The first-order valence-electron chi connectivity index (χ1n) is 6.57. The molecule has 0 saturated carbocycles. The topological polar surface area (TPSA) is 123 Å². The zero-order valence-electron chi connectivity index (χ0n) is 12.4. The van der Waals surface area contributed by atoms with Gasteiger partial charge >= 0.3 is 10.1 Å². The average molecular weight is 345 g/mol. The number of nitriles is 1. The summed E-state index contributed by atoms with van der Waals surface area (Å²) >= 11 is 0. The van der Waals surface area contributed by atoms with E-state index in [-0.39, 0.29) is 21.9 Å². The summed E-state index contributed by atoms with van der Waals surface area (Å²) in [5.41, 5.74) is 0.591. The van der Waals surface area contributed by atoms with Gasteiger partial charge < -0.3 is 0 Å². The first kappa shape index (κ1) is 17.1. The highest BCUT2D eigenvalue weighted by Crippen LogP contribution is 2.16. The van der Waals surface area contributed by atoms with E-state index in [4.69, 9.17) is 5.26 Å². The Hall–Kier alpha value is -3.25. The number of rotatable bonds is 5. The summed E-state index contributed by atoms with van der Waals surface area (Å²) < 4.78 is 28.6. The van der Waals surface area contributed by atoms with E-state index in [0.717, 1.165) is 5.56 Å². The van der Waals surface area contributed by atoms with Crippen molar-refractivity contribution in [3.8, 4) is 6.07 Å². The third-order valence-electron chi connectivity index (χ3n) is 2.99. The van der Waals surface area contributed by atoms with E-state index in [2.05, 4.69) is 9.44 Å². The van der Waals surface area contributed by atoms with Crippen LogP contribution in [0.3, 0.4) is 0 Å². The predicted molar refractivity (Wildman–Crippen MR) is 84.7 cm³/mol. The number of benzene rings is 2. The first-order valence-corrected chi connectivity index (χ1v) is 7.97. The molecule has 0 fully saturated rings. The van der Waals surface area contributed by atoms with Crippen LogP contribution in [0.15, 0.2) is 58.6 Å². The van der Waals surface area contributed by atoms with Crippen LogP contribution in [-0.2, 0) is 14.4 Å². The van der Waals surface area contributed by atoms with E-state index in [1.54, 1.807) is 25.1 Å². The summed E-state index contributed by atoms with van der Waals surface area (Å²) in [7, 11) is -4.16. The van der Waals surface area contributed by atoms with Gasteiger partial charge in [-0.15, -0.1) is 0 Å². The van der Waals surface area contributed by atoms with Gasteiger partial charge in [0, 0.05) is 17.7 Å². The molecular formula is C15H11N3O5S.